The zero-order valence-corrected chi connectivity index (χ0v) is 9.08. The van der Waals surface area contributed by atoms with Gasteiger partial charge in [-0.1, -0.05) is 0 Å². The Hall–Kier alpha value is -2.68. The number of amides is 1. The van der Waals surface area contributed by atoms with Crippen molar-refractivity contribution in [3.05, 3.63) is 42.0 Å². The van der Waals surface area contributed by atoms with Gasteiger partial charge in [-0.3, -0.25) is 9.89 Å². The molecule has 2 aromatic rings. The summed E-state index contributed by atoms with van der Waals surface area (Å²) in [7, 11) is 1.63. The standard InChI is InChI=1S/C11H9N5O/c1-16(11(17)10-13-7-14-15-10)9-4-2-8(6-12)3-5-9/h2-5,7H,1H3,(H,13,14,15). The molecule has 6 heteroatoms. The summed E-state index contributed by atoms with van der Waals surface area (Å²) in [4.78, 5) is 17.1. The van der Waals surface area contributed by atoms with E-state index in [4.69, 9.17) is 5.26 Å². The van der Waals surface area contributed by atoms with E-state index < -0.39 is 0 Å². The first kappa shape index (κ1) is 10.8. The number of hydrogen-bond acceptors (Lipinski definition) is 4. The van der Waals surface area contributed by atoms with Gasteiger partial charge >= 0.3 is 0 Å². The van der Waals surface area contributed by atoms with Crippen LogP contribution >= 0.6 is 0 Å². The minimum atomic E-state index is -0.285. The van der Waals surface area contributed by atoms with Crippen molar-refractivity contribution in [3.63, 3.8) is 0 Å². The lowest BCUT2D eigenvalue weighted by atomic mass is 10.2. The Labute approximate surface area is 97.5 Å². The fourth-order valence-corrected chi connectivity index (χ4v) is 1.34. The van der Waals surface area contributed by atoms with Crippen molar-refractivity contribution in [1.82, 2.24) is 15.2 Å². The predicted molar refractivity (Wildman–Crippen MR) is 60.3 cm³/mol. The van der Waals surface area contributed by atoms with E-state index in [1.165, 1.54) is 11.2 Å². The third-order valence-electron chi connectivity index (χ3n) is 2.31. The molecule has 1 amide bonds. The van der Waals surface area contributed by atoms with Crippen LogP contribution < -0.4 is 4.90 Å². The van der Waals surface area contributed by atoms with E-state index >= 15 is 0 Å². The molecule has 0 unspecified atom stereocenters. The van der Waals surface area contributed by atoms with Gasteiger partial charge in [0.2, 0.25) is 5.82 Å². The number of hydrogen-bond donors (Lipinski definition) is 1. The van der Waals surface area contributed by atoms with Crippen LogP contribution in [-0.2, 0) is 0 Å². The average molecular weight is 227 g/mol. The Morgan fingerprint density at radius 2 is 2.12 bits per heavy atom. The fraction of sp³-hybridized carbons (Fsp3) is 0.0909. The summed E-state index contributed by atoms with van der Waals surface area (Å²) in [6.45, 7) is 0. The predicted octanol–water partition coefficient (Wildman–Crippen LogP) is 0.953. The maximum absolute atomic E-state index is 11.9. The van der Waals surface area contributed by atoms with E-state index in [1.807, 2.05) is 6.07 Å². The number of nitrogens with zero attached hydrogens (tertiary/aromatic N) is 4. The van der Waals surface area contributed by atoms with Gasteiger partial charge in [-0.05, 0) is 24.3 Å². The number of benzene rings is 1. The molecule has 0 aliphatic carbocycles. The lowest BCUT2D eigenvalue weighted by Crippen LogP contribution is -2.27. The number of rotatable bonds is 2. The molecule has 0 saturated heterocycles. The molecule has 0 atom stereocenters. The summed E-state index contributed by atoms with van der Waals surface area (Å²) >= 11 is 0. The molecule has 1 N–H and O–H groups in total. The number of anilines is 1. The Balaban J connectivity index is 2.22. The van der Waals surface area contributed by atoms with E-state index in [-0.39, 0.29) is 11.7 Å². The number of carbonyl (C=O) groups is 1. The number of aromatic amines is 1. The first-order valence-electron chi connectivity index (χ1n) is 4.86. The third kappa shape index (κ3) is 2.13. The average Bonchev–Trinajstić information content (AvgIpc) is 2.91. The Morgan fingerprint density at radius 1 is 1.41 bits per heavy atom. The number of aromatic nitrogens is 3. The SMILES string of the molecule is CN(C(=O)c1ncn[nH]1)c1ccc(C#N)cc1. The molecule has 1 heterocycles. The maximum Gasteiger partial charge on any atom is 0.295 e. The fourth-order valence-electron chi connectivity index (χ4n) is 1.34. The van der Waals surface area contributed by atoms with Gasteiger partial charge in [-0.25, -0.2) is 4.98 Å². The molecule has 0 saturated carbocycles. The third-order valence-corrected chi connectivity index (χ3v) is 2.31. The highest BCUT2D eigenvalue weighted by Gasteiger charge is 2.15. The lowest BCUT2D eigenvalue weighted by molar-refractivity contribution is 0.0983. The molecule has 0 radical (unpaired) electrons. The molecular formula is C11H9N5O. The van der Waals surface area contributed by atoms with E-state index in [9.17, 15) is 4.79 Å². The van der Waals surface area contributed by atoms with Crippen LogP contribution in [0.1, 0.15) is 16.2 Å². The van der Waals surface area contributed by atoms with Crippen LogP contribution in [0.15, 0.2) is 30.6 Å². The van der Waals surface area contributed by atoms with Crippen LogP contribution in [0.5, 0.6) is 0 Å². The van der Waals surface area contributed by atoms with Crippen molar-refractivity contribution in [2.24, 2.45) is 0 Å². The summed E-state index contributed by atoms with van der Waals surface area (Å²) in [5.41, 5.74) is 1.24. The normalized spacial score (nSPS) is 9.65. The highest BCUT2D eigenvalue weighted by Crippen LogP contribution is 2.14. The summed E-state index contributed by atoms with van der Waals surface area (Å²) < 4.78 is 0. The van der Waals surface area contributed by atoms with Crippen LogP contribution in [0, 0.1) is 11.3 Å². The Kier molecular flexibility index (Phi) is 2.83. The molecule has 1 aromatic heterocycles. The minimum Gasteiger partial charge on any atom is -0.309 e. The summed E-state index contributed by atoms with van der Waals surface area (Å²) in [5.74, 6) is -0.107. The molecule has 0 aliphatic heterocycles. The van der Waals surface area contributed by atoms with Gasteiger partial charge in [-0.15, -0.1) is 0 Å². The van der Waals surface area contributed by atoms with Crippen molar-refractivity contribution in [2.75, 3.05) is 11.9 Å². The molecule has 6 nitrogen and oxygen atoms in total. The van der Waals surface area contributed by atoms with Gasteiger partial charge in [0.05, 0.1) is 11.6 Å². The monoisotopic (exact) mass is 227 g/mol. The molecule has 0 bridgehead atoms. The van der Waals surface area contributed by atoms with Gasteiger partial charge in [-0.2, -0.15) is 10.4 Å². The lowest BCUT2D eigenvalue weighted by Gasteiger charge is -2.15. The topological polar surface area (TPSA) is 85.7 Å². The Bertz CT molecular complexity index is 553. The molecule has 1 aromatic carbocycles. The van der Waals surface area contributed by atoms with Crippen molar-refractivity contribution < 1.29 is 4.79 Å². The van der Waals surface area contributed by atoms with Gasteiger partial charge in [0.25, 0.3) is 5.91 Å². The highest BCUT2D eigenvalue weighted by atomic mass is 16.2. The first-order chi connectivity index (χ1) is 8.22. The first-order valence-corrected chi connectivity index (χ1v) is 4.86. The van der Waals surface area contributed by atoms with Crippen LogP contribution in [0.4, 0.5) is 5.69 Å². The molecular weight excluding hydrogens is 218 g/mol. The van der Waals surface area contributed by atoms with Crippen LogP contribution in [0.25, 0.3) is 0 Å². The second-order valence-corrected chi connectivity index (χ2v) is 3.36. The van der Waals surface area contributed by atoms with Crippen molar-refractivity contribution in [3.8, 4) is 6.07 Å². The van der Waals surface area contributed by atoms with Crippen LogP contribution in [-0.4, -0.2) is 28.1 Å². The zero-order valence-electron chi connectivity index (χ0n) is 9.08. The molecule has 0 fully saturated rings. The number of H-pyrrole nitrogens is 1. The number of nitriles is 1. The molecule has 0 spiro atoms. The van der Waals surface area contributed by atoms with Crippen LogP contribution in [0.3, 0.4) is 0 Å². The van der Waals surface area contributed by atoms with Gasteiger partial charge in [0.1, 0.15) is 6.33 Å². The maximum atomic E-state index is 11.9. The van der Waals surface area contributed by atoms with Crippen molar-refractivity contribution in [1.29, 1.82) is 5.26 Å². The summed E-state index contributed by atoms with van der Waals surface area (Å²) in [5, 5.41) is 14.8. The summed E-state index contributed by atoms with van der Waals surface area (Å²) in [6.07, 6.45) is 1.28. The van der Waals surface area contributed by atoms with Crippen molar-refractivity contribution >= 4 is 11.6 Å². The minimum absolute atomic E-state index is 0.178. The second-order valence-electron chi connectivity index (χ2n) is 3.36. The highest BCUT2D eigenvalue weighted by molar-refractivity contribution is 6.02. The van der Waals surface area contributed by atoms with Gasteiger partial charge < -0.3 is 4.90 Å². The smallest absolute Gasteiger partial charge is 0.295 e. The zero-order chi connectivity index (χ0) is 12.3. The van der Waals surface area contributed by atoms with E-state index in [0.717, 1.165) is 0 Å². The van der Waals surface area contributed by atoms with Gasteiger partial charge in [0, 0.05) is 12.7 Å². The molecule has 84 valence electrons. The second kappa shape index (κ2) is 4.45. The summed E-state index contributed by atoms with van der Waals surface area (Å²) in [6, 6.07) is 8.72. The number of nitrogens with one attached hydrogen (secondary N) is 1. The van der Waals surface area contributed by atoms with E-state index in [1.54, 1.807) is 31.3 Å². The molecule has 2 rings (SSSR count). The van der Waals surface area contributed by atoms with E-state index in [0.29, 0.717) is 11.3 Å². The van der Waals surface area contributed by atoms with Crippen LogP contribution in [0.2, 0.25) is 0 Å². The van der Waals surface area contributed by atoms with Crippen molar-refractivity contribution in [2.45, 2.75) is 0 Å². The van der Waals surface area contributed by atoms with E-state index in [2.05, 4.69) is 15.2 Å². The van der Waals surface area contributed by atoms with Gasteiger partial charge in [0.15, 0.2) is 0 Å². The quantitative estimate of drug-likeness (QED) is 0.827. The number of carbonyl (C=O) groups excluding carboxylic acids is 1. The molecule has 0 aliphatic rings. The molecule has 17 heavy (non-hydrogen) atoms. The Morgan fingerprint density at radius 3 is 2.65 bits per heavy atom. The largest absolute Gasteiger partial charge is 0.309 e.